The minimum atomic E-state index is -0.0599. The van der Waals surface area contributed by atoms with Crippen molar-refractivity contribution in [3.8, 4) is 5.75 Å². The summed E-state index contributed by atoms with van der Waals surface area (Å²) in [5, 5.41) is 3.04. The molecule has 1 N–H and O–H groups in total. The number of rotatable bonds is 7. The molecule has 5 heteroatoms. The van der Waals surface area contributed by atoms with Crippen LogP contribution < -0.4 is 10.1 Å². The number of nitrogens with one attached hydrogen (secondary N) is 1. The molecule has 0 radical (unpaired) electrons. The van der Waals surface area contributed by atoms with Crippen molar-refractivity contribution in [2.75, 3.05) is 46.4 Å². The average molecular weight is 333 g/mol. The van der Waals surface area contributed by atoms with E-state index in [1.807, 2.05) is 31.2 Å². The molecular formula is C19H31N3O2. The van der Waals surface area contributed by atoms with Crippen LogP contribution in [0.5, 0.6) is 5.75 Å². The van der Waals surface area contributed by atoms with E-state index in [2.05, 4.69) is 36.0 Å². The number of ether oxygens (including phenoxy) is 1. The van der Waals surface area contributed by atoms with Gasteiger partial charge in [-0.2, -0.15) is 0 Å². The summed E-state index contributed by atoms with van der Waals surface area (Å²) in [4.78, 5) is 16.9. The summed E-state index contributed by atoms with van der Waals surface area (Å²) in [6.07, 6.45) is 0. The standard InChI is InChI=1S/C19H31N3O2/c1-15(2)18(22-11-9-21(4)10-12-22)13-20-19(23)14-24-17-7-5-16(3)6-8-17/h5-8,15,18H,9-14H2,1-4H3,(H,20,23). The maximum atomic E-state index is 12.1. The molecule has 1 amide bonds. The Balaban J connectivity index is 1.76. The van der Waals surface area contributed by atoms with Gasteiger partial charge in [-0.25, -0.2) is 0 Å². The van der Waals surface area contributed by atoms with Crippen molar-refractivity contribution in [2.24, 2.45) is 5.92 Å². The first kappa shape index (κ1) is 18.7. The van der Waals surface area contributed by atoms with Crippen LogP contribution in [0.25, 0.3) is 0 Å². The van der Waals surface area contributed by atoms with Gasteiger partial charge >= 0.3 is 0 Å². The Morgan fingerprint density at radius 1 is 1.17 bits per heavy atom. The molecule has 0 saturated carbocycles. The van der Waals surface area contributed by atoms with Gasteiger partial charge in [-0.05, 0) is 32.0 Å². The smallest absolute Gasteiger partial charge is 0.257 e. The summed E-state index contributed by atoms with van der Waals surface area (Å²) in [5.74, 6) is 1.18. The monoisotopic (exact) mass is 333 g/mol. The summed E-state index contributed by atoms with van der Waals surface area (Å²) in [7, 11) is 2.16. The molecule has 0 bridgehead atoms. The fraction of sp³-hybridized carbons (Fsp3) is 0.632. The molecule has 1 saturated heterocycles. The predicted molar refractivity (Wildman–Crippen MR) is 97.4 cm³/mol. The third-order valence-corrected chi connectivity index (χ3v) is 4.68. The molecule has 1 aromatic carbocycles. The predicted octanol–water partition coefficient (Wildman–Crippen LogP) is 1.76. The molecule has 0 spiro atoms. The molecule has 1 aliphatic rings. The number of likely N-dealkylation sites (N-methyl/N-ethyl adjacent to an activating group) is 1. The lowest BCUT2D eigenvalue weighted by atomic mass is 10.0. The minimum Gasteiger partial charge on any atom is -0.484 e. The zero-order valence-corrected chi connectivity index (χ0v) is 15.4. The number of benzene rings is 1. The van der Waals surface area contributed by atoms with Crippen molar-refractivity contribution in [1.82, 2.24) is 15.1 Å². The number of hydrogen-bond donors (Lipinski definition) is 1. The lowest BCUT2D eigenvalue weighted by Gasteiger charge is -2.39. The van der Waals surface area contributed by atoms with Gasteiger partial charge in [0.1, 0.15) is 5.75 Å². The van der Waals surface area contributed by atoms with Gasteiger partial charge in [0.25, 0.3) is 5.91 Å². The maximum Gasteiger partial charge on any atom is 0.257 e. The molecule has 134 valence electrons. The first-order valence-electron chi connectivity index (χ1n) is 8.84. The summed E-state index contributed by atoms with van der Waals surface area (Å²) in [6, 6.07) is 8.13. The zero-order chi connectivity index (χ0) is 17.5. The highest BCUT2D eigenvalue weighted by Crippen LogP contribution is 2.13. The summed E-state index contributed by atoms with van der Waals surface area (Å²) < 4.78 is 5.54. The van der Waals surface area contributed by atoms with Crippen LogP contribution in [0, 0.1) is 12.8 Å². The molecule has 1 heterocycles. The van der Waals surface area contributed by atoms with E-state index in [1.54, 1.807) is 0 Å². The van der Waals surface area contributed by atoms with E-state index in [-0.39, 0.29) is 12.5 Å². The van der Waals surface area contributed by atoms with Gasteiger partial charge in [0.15, 0.2) is 6.61 Å². The molecule has 1 atom stereocenters. The number of aryl methyl sites for hydroxylation is 1. The maximum absolute atomic E-state index is 12.1. The number of nitrogens with zero attached hydrogens (tertiary/aromatic N) is 2. The number of carbonyl (C=O) groups excluding carboxylic acids is 1. The SMILES string of the molecule is Cc1ccc(OCC(=O)NCC(C(C)C)N2CCN(C)CC2)cc1. The van der Waals surface area contributed by atoms with Crippen LogP contribution >= 0.6 is 0 Å². The number of amides is 1. The molecule has 1 unspecified atom stereocenters. The highest BCUT2D eigenvalue weighted by atomic mass is 16.5. The van der Waals surface area contributed by atoms with Gasteiger partial charge in [0.05, 0.1) is 0 Å². The van der Waals surface area contributed by atoms with E-state index < -0.39 is 0 Å². The van der Waals surface area contributed by atoms with Crippen LogP contribution in [-0.2, 0) is 4.79 Å². The highest BCUT2D eigenvalue weighted by molar-refractivity contribution is 5.77. The first-order chi connectivity index (χ1) is 11.5. The molecule has 1 aliphatic heterocycles. The Hall–Kier alpha value is -1.59. The fourth-order valence-corrected chi connectivity index (χ4v) is 2.99. The van der Waals surface area contributed by atoms with Crippen molar-refractivity contribution in [3.05, 3.63) is 29.8 Å². The molecule has 5 nitrogen and oxygen atoms in total. The summed E-state index contributed by atoms with van der Waals surface area (Å²) in [6.45, 7) is 11.5. The molecular weight excluding hydrogens is 302 g/mol. The Morgan fingerprint density at radius 3 is 2.38 bits per heavy atom. The molecule has 0 aliphatic carbocycles. The lowest BCUT2D eigenvalue weighted by Crippen LogP contribution is -2.54. The Labute approximate surface area is 146 Å². The van der Waals surface area contributed by atoms with Crippen molar-refractivity contribution in [1.29, 1.82) is 0 Å². The first-order valence-corrected chi connectivity index (χ1v) is 8.84. The topological polar surface area (TPSA) is 44.8 Å². The van der Waals surface area contributed by atoms with Crippen molar-refractivity contribution >= 4 is 5.91 Å². The van der Waals surface area contributed by atoms with E-state index in [0.717, 1.165) is 31.9 Å². The second-order valence-corrected chi connectivity index (χ2v) is 7.06. The number of carbonyl (C=O) groups is 1. The van der Waals surface area contributed by atoms with Crippen LogP contribution in [0.4, 0.5) is 0 Å². The Morgan fingerprint density at radius 2 is 1.79 bits per heavy atom. The number of hydrogen-bond acceptors (Lipinski definition) is 4. The van der Waals surface area contributed by atoms with Crippen molar-refractivity contribution in [3.63, 3.8) is 0 Å². The van der Waals surface area contributed by atoms with Crippen LogP contribution in [0.1, 0.15) is 19.4 Å². The van der Waals surface area contributed by atoms with Crippen LogP contribution in [-0.4, -0.2) is 68.1 Å². The lowest BCUT2D eigenvalue weighted by molar-refractivity contribution is -0.123. The van der Waals surface area contributed by atoms with Gasteiger partial charge in [-0.1, -0.05) is 31.5 Å². The van der Waals surface area contributed by atoms with Gasteiger partial charge in [0, 0.05) is 38.8 Å². The third kappa shape index (κ3) is 5.80. The minimum absolute atomic E-state index is 0.0599. The summed E-state index contributed by atoms with van der Waals surface area (Å²) >= 11 is 0. The molecule has 2 rings (SSSR count). The van der Waals surface area contributed by atoms with Gasteiger partial charge < -0.3 is 15.0 Å². The molecule has 0 aromatic heterocycles. The van der Waals surface area contributed by atoms with Crippen LogP contribution in [0.2, 0.25) is 0 Å². The second kappa shape index (κ2) is 9.04. The average Bonchev–Trinajstić information content (AvgIpc) is 2.56. The fourth-order valence-electron chi connectivity index (χ4n) is 2.99. The van der Waals surface area contributed by atoms with E-state index >= 15 is 0 Å². The zero-order valence-electron chi connectivity index (χ0n) is 15.4. The Bertz CT molecular complexity index is 508. The van der Waals surface area contributed by atoms with Gasteiger partial charge in [-0.3, -0.25) is 9.69 Å². The van der Waals surface area contributed by atoms with Gasteiger partial charge in [0.2, 0.25) is 0 Å². The molecule has 1 aromatic rings. The van der Waals surface area contributed by atoms with E-state index in [1.165, 1.54) is 5.56 Å². The largest absolute Gasteiger partial charge is 0.484 e. The van der Waals surface area contributed by atoms with Gasteiger partial charge in [-0.15, -0.1) is 0 Å². The van der Waals surface area contributed by atoms with E-state index in [4.69, 9.17) is 4.74 Å². The van der Waals surface area contributed by atoms with Crippen molar-refractivity contribution in [2.45, 2.75) is 26.8 Å². The van der Waals surface area contributed by atoms with E-state index in [0.29, 0.717) is 18.5 Å². The van der Waals surface area contributed by atoms with E-state index in [9.17, 15) is 4.79 Å². The van der Waals surface area contributed by atoms with Crippen LogP contribution in [0.3, 0.4) is 0 Å². The number of piperazine rings is 1. The molecule has 1 fully saturated rings. The molecule has 24 heavy (non-hydrogen) atoms. The third-order valence-electron chi connectivity index (χ3n) is 4.68. The normalized spacial score (nSPS) is 17.7. The van der Waals surface area contributed by atoms with Crippen molar-refractivity contribution < 1.29 is 9.53 Å². The highest BCUT2D eigenvalue weighted by Gasteiger charge is 2.25. The Kier molecular flexibility index (Phi) is 7.06. The summed E-state index contributed by atoms with van der Waals surface area (Å²) in [5.41, 5.74) is 1.18. The second-order valence-electron chi connectivity index (χ2n) is 7.06. The quantitative estimate of drug-likeness (QED) is 0.826. The van der Waals surface area contributed by atoms with Crippen LogP contribution in [0.15, 0.2) is 24.3 Å².